The highest BCUT2D eigenvalue weighted by atomic mass is 14.8. The number of unbranched alkanes of at least 4 members (excludes halogenated alkanes) is 6. The normalized spacial score (nSPS) is 11.2. The van der Waals surface area contributed by atoms with Crippen molar-refractivity contribution in [3.63, 3.8) is 0 Å². The molecule has 0 spiro atoms. The molecule has 120 valence electrons. The van der Waals surface area contributed by atoms with Gasteiger partial charge in [-0.25, -0.2) is 0 Å². The molecule has 0 aliphatic rings. The zero-order chi connectivity index (χ0) is 15.1. The van der Waals surface area contributed by atoms with E-state index in [2.05, 4.69) is 25.7 Å². The van der Waals surface area contributed by atoms with Gasteiger partial charge in [0.2, 0.25) is 0 Å². The summed E-state index contributed by atoms with van der Waals surface area (Å²) in [5.74, 6) is 0.896. The van der Waals surface area contributed by atoms with Gasteiger partial charge in [-0.15, -0.1) is 0 Å². The van der Waals surface area contributed by atoms with E-state index >= 15 is 0 Å². The van der Waals surface area contributed by atoms with Crippen molar-refractivity contribution in [2.45, 2.75) is 90.9 Å². The van der Waals surface area contributed by atoms with Gasteiger partial charge < -0.3 is 5.32 Å². The summed E-state index contributed by atoms with van der Waals surface area (Å²) in [6.07, 6.45) is 16.4. The summed E-state index contributed by atoms with van der Waals surface area (Å²) in [5.41, 5.74) is 1.45. The van der Waals surface area contributed by atoms with E-state index in [1.165, 1.54) is 76.2 Å². The van der Waals surface area contributed by atoms with Crippen LogP contribution < -0.4 is 5.32 Å². The molecule has 0 saturated carbocycles. The molecule has 0 rings (SSSR count). The molecule has 0 saturated heterocycles. The number of nitrogens with one attached hydrogen (secondary N) is 1. The maximum Gasteiger partial charge on any atom is -0.00147 e. The van der Waals surface area contributed by atoms with E-state index < -0.39 is 0 Å². The Morgan fingerprint density at radius 3 is 1.90 bits per heavy atom. The van der Waals surface area contributed by atoms with Gasteiger partial charge in [0, 0.05) is 0 Å². The molecule has 1 nitrogen and oxygen atoms in total. The molecule has 0 aromatic heterocycles. The molecular weight excluding hydrogens is 242 g/mol. The lowest BCUT2D eigenvalue weighted by Crippen LogP contribution is -2.10. The molecule has 20 heavy (non-hydrogen) atoms. The topological polar surface area (TPSA) is 12.0 Å². The predicted octanol–water partition coefficient (Wildman–Crippen LogP) is 6.10. The summed E-state index contributed by atoms with van der Waals surface area (Å²) in [7, 11) is 2.03. The van der Waals surface area contributed by atoms with Crippen molar-refractivity contribution in [1.29, 1.82) is 0 Å². The minimum absolute atomic E-state index is 0.896. The lowest BCUT2D eigenvalue weighted by Gasteiger charge is -2.18. The van der Waals surface area contributed by atoms with Crippen LogP contribution >= 0.6 is 0 Å². The first-order valence-corrected chi connectivity index (χ1v) is 9.05. The van der Waals surface area contributed by atoms with Gasteiger partial charge in [-0.1, -0.05) is 90.2 Å². The molecule has 0 aliphatic heterocycles. The average molecular weight is 282 g/mol. The minimum atomic E-state index is 0.896. The first-order valence-electron chi connectivity index (χ1n) is 9.05. The second-order valence-corrected chi connectivity index (χ2v) is 6.37. The smallest absolute Gasteiger partial charge is 0.00147 e. The van der Waals surface area contributed by atoms with E-state index in [-0.39, 0.29) is 0 Å². The number of rotatable bonds is 15. The fraction of sp³-hybridized carbons (Fsp3) is 0.895. The standard InChI is InChI=1S/C19H39N/c1-5-7-9-11-13-19(14-12-10-8-6-2)17-18(3)15-16-20-4/h19-20H,3,5-17H2,1-2,4H3. The van der Waals surface area contributed by atoms with E-state index in [0.717, 1.165) is 18.9 Å². The van der Waals surface area contributed by atoms with Crippen LogP contribution in [-0.4, -0.2) is 13.6 Å². The van der Waals surface area contributed by atoms with Crippen LogP contribution in [-0.2, 0) is 0 Å². The van der Waals surface area contributed by atoms with Crippen molar-refractivity contribution in [3.8, 4) is 0 Å². The van der Waals surface area contributed by atoms with Gasteiger partial charge in [0.1, 0.15) is 0 Å². The van der Waals surface area contributed by atoms with Gasteiger partial charge in [-0.05, 0) is 32.4 Å². The highest BCUT2D eigenvalue weighted by Gasteiger charge is 2.10. The van der Waals surface area contributed by atoms with Crippen molar-refractivity contribution in [2.24, 2.45) is 5.92 Å². The Balaban J connectivity index is 3.92. The van der Waals surface area contributed by atoms with Crippen LogP contribution in [0.3, 0.4) is 0 Å². The van der Waals surface area contributed by atoms with Gasteiger partial charge in [-0.3, -0.25) is 0 Å². The summed E-state index contributed by atoms with van der Waals surface area (Å²) in [4.78, 5) is 0. The first-order chi connectivity index (χ1) is 9.74. The SMILES string of the molecule is C=C(CCNC)CC(CCCCCC)CCCCCC. The maximum atomic E-state index is 4.28. The van der Waals surface area contributed by atoms with Crippen molar-refractivity contribution in [3.05, 3.63) is 12.2 Å². The largest absolute Gasteiger partial charge is 0.319 e. The highest BCUT2D eigenvalue weighted by molar-refractivity contribution is 4.96. The molecule has 0 aromatic rings. The fourth-order valence-corrected chi connectivity index (χ4v) is 2.88. The van der Waals surface area contributed by atoms with E-state index in [4.69, 9.17) is 0 Å². The van der Waals surface area contributed by atoms with Gasteiger partial charge in [-0.2, -0.15) is 0 Å². The summed E-state index contributed by atoms with van der Waals surface area (Å²) in [5, 5.41) is 3.23. The molecule has 0 bridgehead atoms. The van der Waals surface area contributed by atoms with Gasteiger partial charge >= 0.3 is 0 Å². The van der Waals surface area contributed by atoms with Crippen LogP contribution in [0.4, 0.5) is 0 Å². The van der Waals surface area contributed by atoms with Crippen molar-refractivity contribution < 1.29 is 0 Å². The second kappa shape index (κ2) is 15.1. The van der Waals surface area contributed by atoms with Gasteiger partial charge in [0.15, 0.2) is 0 Å². The molecule has 0 fully saturated rings. The Morgan fingerprint density at radius 2 is 1.45 bits per heavy atom. The maximum absolute atomic E-state index is 4.28. The lowest BCUT2D eigenvalue weighted by molar-refractivity contribution is 0.399. The van der Waals surface area contributed by atoms with Crippen molar-refractivity contribution in [1.82, 2.24) is 5.32 Å². The van der Waals surface area contributed by atoms with E-state index in [1.54, 1.807) is 0 Å². The molecule has 0 aliphatic carbocycles. The predicted molar refractivity (Wildman–Crippen MR) is 93.3 cm³/mol. The Labute approximate surface area is 128 Å². The van der Waals surface area contributed by atoms with Crippen LogP contribution in [0.1, 0.15) is 90.9 Å². The summed E-state index contributed by atoms with van der Waals surface area (Å²) < 4.78 is 0. The van der Waals surface area contributed by atoms with Crippen molar-refractivity contribution >= 4 is 0 Å². The molecule has 1 heteroatoms. The average Bonchev–Trinajstić information content (AvgIpc) is 2.45. The summed E-state index contributed by atoms with van der Waals surface area (Å²) in [6, 6.07) is 0. The van der Waals surface area contributed by atoms with E-state index in [1.807, 2.05) is 7.05 Å². The molecule has 1 N–H and O–H groups in total. The molecule has 0 amide bonds. The molecular formula is C19H39N. The highest BCUT2D eigenvalue weighted by Crippen LogP contribution is 2.25. The Morgan fingerprint density at radius 1 is 0.900 bits per heavy atom. The van der Waals surface area contributed by atoms with Crippen LogP contribution in [0.25, 0.3) is 0 Å². The van der Waals surface area contributed by atoms with Crippen molar-refractivity contribution in [2.75, 3.05) is 13.6 Å². The Kier molecular flexibility index (Phi) is 14.9. The third kappa shape index (κ3) is 12.7. The molecule has 0 unspecified atom stereocenters. The molecule has 0 atom stereocenters. The Hall–Kier alpha value is -0.300. The van der Waals surface area contributed by atoms with Gasteiger partial charge in [0.05, 0.1) is 0 Å². The lowest BCUT2D eigenvalue weighted by atomic mass is 9.88. The Bertz CT molecular complexity index is 198. The van der Waals surface area contributed by atoms with E-state index in [0.29, 0.717) is 0 Å². The van der Waals surface area contributed by atoms with Crippen LogP contribution in [0.5, 0.6) is 0 Å². The molecule has 0 heterocycles. The number of hydrogen-bond donors (Lipinski definition) is 1. The summed E-state index contributed by atoms with van der Waals surface area (Å²) in [6.45, 7) is 9.95. The molecule has 0 aromatic carbocycles. The van der Waals surface area contributed by atoms with E-state index in [9.17, 15) is 0 Å². The monoisotopic (exact) mass is 281 g/mol. The number of hydrogen-bond acceptors (Lipinski definition) is 1. The van der Waals surface area contributed by atoms with Crippen LogP contribution in [0.15, 0.2) is 12.2 Å². The second-order valence-electron chi connectivity index (χ2n) is 6.37. The van der Waals surface area contributed by atoms with Gasteiger partial charge in [0.25, 0.3) is 0 Å². The molecule has 0 radical (unpaired) electrons. The zero-order valence-corrected chi connectivity index (χ0v) is 14.5. The van der Waals surface area contributed by atoms with Crippen LogP contribution in [0.2, 0.25) is 0 Å². The third-order valence-electron chi connectivity index (χ3n) is 4.24. The quantitative estimate of drug-likeness (QED) is 0.282. The summed E-state index contributed by atoms with van der Waals surface area (Å²) >= 11 is 0. The van der Waals surface area contributed by atoms with Crippen LogP contribution in [0, 0.1) is 5.92 Å². The minimum Gasteiger partial charge on any atom is -0.319 e. The third-order valence-corrected chi connectivity index (χ3v) is 4.24. The zero-order valence-electron chi connectivity index (χ0n) is 14.5. The first kappa shape index (κ1) is 19.7. The fourth-order valence-electron chi connectivity index (χ4n) is 2.88.